The monoisotopic (exact) mass is 302 g/mol. The SMILES string of the molecule is N[C@@H]1CCN(C(=O)CS(=O)(=O)c2ccc(Cl)cc2)C1. The molecule has 5 nitrogen and oxygen atoms in total. The Bertz CT molecular complexity index is 571. The molecule has 7 heteroatoms. The first-order chi connectivity index (χ1) is 8.88. The minimum absolute atomic E-state index is 0.0535. The second-order valence-corrected chi connectivity index (χ2v) is 7.03. The van der Waals surface area contributed by atoms with Crippen molar-refractivity contribution in [1.82, 2.24) is 4.90 Å². The number of hydrogen-bond donors (Lipinski definition) is 1. The fraction of sp³-hybridized carbons (Fsp3) is 0.417. The van der Waals surface area contributed by atoms with Gasteiger partial charge in [0.1, 0.15) is 5.75 Å². The number of carbonyl (C=O) groups excluding carboxylic acids is 1. The average Bonchev–Trinajstić information content (AvgIpc) is 2.76. The Morgan fingerprint density at radius 3 is 2.53 bits per heavy atom. The molecule has 0 unspecified atom stereocenters. The Labute approximate surface area is 117 Å². The summed E-state index contributed by atoms with van der Waals surface area (Å²) in [5, 5.41) is 0.454. The Morgan fingerprint density at radius 1 is 1.37 bits per heavy atom. The molecule has 19 heavy (non-hydrogen) atoms. The standard InChI is InChI=1S/C12H15ClN2O3S/c13-9-1-3-11(4-2-9)19(17,18)8-12(16)15-6-5-10(14)7-15/h1-4,10H,5-8,14H2/t10-/m1/s1. The number of hydrogen-bond acceptors (Lipinski definition) is 4. The molecule has 0 spiro atoms. The van der Waals surface area contributed by atoms with Crippen LogP contribution in [0.25, 0.3) is 0 Å². The number of amides is 1. The molecule has 1 heterocycles. The molecule has 1 aliphatic rings. The van der Waals surface area contributed by atoms with Crippen LogP contribution < -0.4 is 5.73 Å². The molecular formula is C12H15ClN2O3S. The summed E-state index contributed by atoms with van der Waals surface area (Å²) in [6.45, 7) is 0.950. The Morgan fingerprint density at radius 2 is 2.00 bits per heavy atom. The van der Waals surface area contributed by atoms with E-state index >= 15 is 0 Å². The lowest BCUT2D eigenvalue weighted by molar-refractivity contribution is -0.127. The van der Waals surface area contributed by atoms with Crippen LogP contribution in [-0.2, 0) is 14.6 Å². The maximum Gasteiger partial charge on any atom is 0.238 e. The summed E-state index contributed by atoms with van der Waals surface area (Å²) in [6, 6.07) is 5.73. The predicted molar refractivity (Wildman–Crippen MR) is 72.7 cm³/mol. The van der Waals surface area contributed by atoms with Gasteiger partial charge in [0.2, 0.25) is 5.91 Å². The van der Waals surface area contributed by atoms with Crippen molar-refractivity contribution in [3.8, 4) is 0 Å². The van der Waals surface area contributed by atoms with Gasteiger partial charge in [-0.05, 0) is 30.7 Å². The first kappa shape index (κ1) is 14.3. The summed E-state index contributed by atoms with van der Waals surface area (Å²) in [7, 11) is -3.62. The first-order valence-electron chi connectivity index (χ1n) is 5.90. The number of nitrogens with zero attached hydrogens (tertiary/aromatic N) is 1. The van der Waals surface area contributed by atoms with Crippen LogP contribution in [0.2, 0.25) is 5.02 Å². The van der Waals surface area contributed by atoms with E-state index in [2.05, 4.69) is 0 Å². The molecule has 1 aromatic carbocycles. The van der Waals surface area contributed by atoms with Gasteiger partial charge in [-0.2, -0.15) is 0 Å². The third-order valence-corrected chi connectivity index (χ3v) is 4.93. The molecule has 0 aromatic heterocycles. The van der Waals surface area contributed by atoms with Crippen molar-refractivity contribution < 1.29 is 13.2 Å². The Kier molecular flexibility index (Phi) is 4.13. The number of halogens is 1. The van der Waals surface area contributed by atoms with Crippen LogP contribution >= 0.6 is 11.6 Å². The van der Waals surface area contributed by atoms with Crippen LogP contribution in [-0.4, -0.2) is 44.1 Å². The lowest BCUT2D eigenvalue weighted by Crippen LogP contribution is -2.35. The molecule has 0 bridgehead atoms. The highest BCUT2D eigenvalue weighted by atomic mass is 35.5. The maximum absolute atomic E-state index is 12.1. The molecule has 1 fully saturated rings. The lowest BCUT2D eigenvalue weighted by Gasteiger charge is -2.15. The number of rotatable bonds is 3. The largest absolute Gasteiger partial charge is 0.340 e. The van der Waals surface area contributed by atoms with Gasteiger partial charge in [0.05, 0.1) is 4.90 Å². The minimum atomic E-state index is -3.62. The second-order valence-electron chi connectivity index (χ2n) is 4.60. The highest BCUT2D eigenvalue weighted by molar-refractivity contribution is 7.92. The molecule has 1 atom stereocenters. The van der Waals surface area contributed by atoms with E-state index in [1.165, 1.54) is 29.2 Å². The summed E-state index contributed by atoms with van der Waals surface area (Å²) < 4.78 is 24.1. The van der Waals surface area contributed by atoms with Crippen LogP contribution in [0, 0.1) is 0 Å². The topological polar surface area (TPSA) is 80.5 Å². The molecular weight excluding hydrogens is 288 g/mol. The summed E-state index contributed by atoms with van der Waals surface area (Å²) in [6.07, 6.45) is 0.715. The first-order valence-corrected chi connectivity index (χ1v) is 7.93. The molecule has 1 aromatic rings. The van der Waals surface area contributed by atoms with E-state index in [4.69, 9.17) is 17.3 Å². The normalized spacial score (nSPS) is 19.7. The predicted octanol–water partition coefficient (Wildman–Crippen LogP) is 0.673. The van der Waals surface area contributed by atoms with Crippen molar-refractivity contribution in [2.45, 2.75) is 17.4 Å². The van der Waals surface area contributed by atoms with Gasteiger partial charge >= 0.3 is 0 Å². The van der Waals surface area contributed by atoms with Gasteiger partial charge in [0, 0.05) is 24.2 Å². The molecule has 0 aliphatic carbocycles. The number of nitrogens with two attached hydrogens (primary N) is 1. The van der Waals surface area contributed by atoms with E-state index in [0.717, 1.165) is 0 Å². The third kappa shape index (κ3) is 3.46. The smallest absolute Gasteiger partial charge is 0.238 e. The third-order valence-electron chi connectivity index (χ3n) is 3.06. The van der Waals surface area contributed by atoms with E-state index < -0.39 is 21.5 Å². The van der Waals surface area contributed by atoms with Crippen LogP contribution in [0.4, 0.5) is 0 Å². The van der Waals surface area contributed by atoms with Gasteiger partial charge in [0.15, 0.2) is 9.84 Å². The zero-order valence-electron chi connectivity index (χ0n) is 10.3. The zero-order valence-corrected chi connectivity index (χ0v) is 11.8. The summed E-state index contributed by atoms with van der Waals surface area (Å²) in [4.78, 5) is 13.5. The van der Waals surface area contributed by atoms with E-state index in [1.54, 1.807) is 0 Å². The summed E-state index contributed by atoms with van der Waals surface area (Å²) in [5.41, 5.74) is 5.70. The molecule has 0 saturated carbocycles. The van der Waals surface area contributed by atoms with Crippen LogP contribution in [0.5, 0.6) is 0 Å². The van der Waals surface area contributed by atoms with E-state index in [0.29, 0.717) is 24.5 Å². The van der Waals surface area contributed by atoms with Crippen molar-refractivity contribution in [2.75, 3.05) is 18.8 Å². The number of sulfone groups is 1. The summed E-state index contributed by atoms with van der Waals surface area (Å²) >= 11 is 5.70. The van der Waals surface area contributed by atoms with Gasteiger partial charge in [-0.25, -0.2) is 8.42 Å². The lowest BCUT2D eigenvalue weighted by atomic mass is 10.3. The molecule has 104 valence electrons. The van der Waals surface area contributed by atoms with E-state index in [9.17, 15) is 13.2 Å². The van der Waals surface area contributed by atoms with Crippen LogP contribution in [0.15, 0.2) is 29.2 Å². The molecule has 2 N–H and O–H groups in total. The Hall–Kier alpha value is -1.11. The van der Waals surface area contributed by atoms with Crippen molar-refractivity contribution in [1.29, 1.82) is 0 Å². The molecule has 1 aliphatic heterocycles. The van der Waals surface area contributed by atoms with Crippen molar-refractivity contribution >= 4 is 27.3 Å². The van der Waals surface area contributed by atoms with Gasteiger partial charge in [-0.3, -0.25) is 4.79 Å². The van der Waals surface area contributed by atoms with Gasteiger partial charge in [-0.15, -0.1) is 0 Å². The van der Waals surface area contributed by atoms with Crippen molar-refractivity contribution in [3.05, 3.63) is 29.3 Å². The highest BCUT2D eigenvalue weighted by Crippen LogP contribution is 2.16. The fourth-order valence-electron chi connectivity index (χ4n) is 1.99. The minimum Gasteiger partial charge on any atom is -0.340 e. The van der Waals surface area contributed by atoms with Gasteiger partial charge < -0.3 is 10.6 Å². The molecule has 1 saturated heterocycles. The maximum atomic E-state index is 12.1. The second kappa shape index (κ2) is 5.48. The number of likely N-dealkylation sites (tertiary alicyclic amines) is 1. The fourth-order valence-corrected chi connectivity index (χ4v) is 3.34. The molecule has 2 rings (SSSR count). The molecule has 1 amide bonds. The quantitative estimate of drug-likeness (QED) is 0.890. The van der Waals surface area contributed by atoms with Crippen LogP contribution in [0.3, 0.4) is 0 Å². The van der Waals surface area contributed by atoms with Crippen molar-refractivity contribution in [3.63, 3.8) is 0 Å². The van der Waals surface area contributed by atoms with E-state index in [-0.39, 0.29) is 10.9 Å². The number of benzene rings is 1. The Balaban J connectivity index is 2.09. The average molecular weight is 303 g/mol. The van der Waals surface area contributed by atoms with Gasteiger partial charge in [0.25, 0.3) is 0 Å². The zero-order chi connectivity index (χ0) is 14.0. The molecule has 0 radical (unpaired) electrons. The van der Waals surface area contributed by atoms with E-state index in [1.807, 2.05) is 0 Å². The van der Waals surface area contributed by atoms with Crippen LogP contribution in [0.1, 0.15) is 6.42 Å². The van der Waals surface area contributed by atoms with Crippen molar-refractivity contribution in [2.24, 2.45) is 5.73 Å². The highest BCUT2D eigenvalue weighted by Gasteiger charge is 2.28. The van der Waals surface area contributed by atoms with Gasteiger partial charge in [-0.1, -0.05) is 11.6 Å². The number of carbonyl (C=O) groups is 1. The summed E-state index contributed by atoms with van der Waals surface area (Å²) in [5.74, 6) is -0.927.